The maximum Gasteiger partial charge on any atom is 0.0844 e. The van der Waals surface area contributed by atoms with E-state index < -0.39 is 0 Å². The Kier molecular flexibility index (Phi) is 1.62. The van der Waals surface area contributed by atoms with Crippen LogP contribution in [0.2, 0.25) is 0 Å². The number of halogens is 1. The Bertz CT molecular complexity index is 379. The van der Waals surface area contributed by atoms with Gasteiger partial charge in [0.25, 0.3) is 0 Å². The van der Waals surface area contributed by atoms with Gasteiger partial charge in [-0.25, -0.2) is 0 Å². The molecule has 0 aliphatic heterocycles. The quantitative estimate of drug-likeness (QED) is 0.647. The van der Waals surface area contributed by atoms with Crippen LogP contribution < -0.4 is 0 Å². The Hall–Kier alpha value is -0.890. The van der Waals surface area contributed by atoms with Crippen LogP contribution in [0.1, 0.15) is 0 Å². The first-order valence-electron chi connectivity index (χ1n) is 3.28. The zero-order chi connectivity index (χ0) is 7.68. The molecular formula is C9H5BrN. The molecule has 0 saturated heterocycles. The highest BCUT2D eigenvalue weighted by molar-refractivity contribution is 9.10. The maximum absolute atomic E-state index is 4.21. The second kappa shape index (κ2) is 2.62. The van der Waals surface area contributed by atoms with Crippen molar-refractivity contribution in [3.05, 3.63) is 41.0 Å². The highest BCUT2D eigenvalue weighted by Gasteiger charge is 1.95. The van der Waals surface area contributed by atoms with Crippen LogP contribution in [0.3, 0.4) is 0 Å². The van der Waals surface area contributed by atoms with E-state index in [-0.39, 0.29) is 0 Å². The van der Waals surface area contributed by atoms with E-state index in [2.05, 4.69) is 27.0 Å². The summed E-state index contributed by atoms with van der Waals surface area (Å²) in [4.78, 5) is 4.21. The molecule has 1 aromatic carbocycles. The van der Waals surface area contributed by atoms with Gasteiger partial charge in [-0.05, 0) is 40.2 Å². The van der Waals surface area contributed by atoms with Crippen LogP contribution in [0.25, 0.3) is 10.9 Å². The molecule has 0 N–H and O–H groups in total. The second-order valence-electron chi connectivity index (χ2n) is 2.24. The highest BCUT2D eigenvalue weighted by Crippen LogP contribution is 2.19. The molecule has 2 rings (SSSR count). The van der Waals surface area contributed by atoms with Crippen molar-refractivity contribution in [2.45, 2.75) is 0 Å². The molecule has 1 aromatic heterocycles. The van der Waals surface area contributed by atoms with Crippen LogP contribution in [0, 0.1) is 6.07 Å². The molecule has 11 heavy (non-hydrogen) atoms. The summed E-state index contributed by atoms with van der Waals surface area (Å²) >= 11 is 3.40. The fourth-order valence-electron chi connectivity index (χ4n) is 1.01. The summed E-state index contributed by atoms with van der Waals surface area (Å²) in [6, 6.07) is 10.7. The normalized spacial score (nSPS) is 10.3. The molecule has 0 spiro atoms. The summed E-state index contributed by atoms with van der Waals surface area (Å²) in [5.41, 5.74) is 0.992. The van der Waals surface area contributed by atoms with Crippen LogP contribution in [0.4, 0.5) is 0 Å². The minimum absolute atomic E-state index is 0.992. The van der Waals surface area contributed by atoms with E-state index in [9.17, 15) is 0 Å². The molecule has 2 aromatic rings. The number of nitrogens with zero attached hydrogens (tertiary/aromatic N) is 1. The zero-order valence-corrected chi connectivity index (χ0v) is 7.30. The molecule has 0 amide bonds. The van der Waals surface area contributed by atoms with Crippen LogP contribution in [-0.4, -0.2) is 4.98 Å². The smallest absolute Gasteiger partial charge is 0.0844 e. The van der Waals surface area contributed by atoms with Crippen LogP contribution in [-0.2, 0) is 0 Å². The lowest BCUT2D eigenvalue weighted by molar-refractivity contribution is 1.40. The number of hydrogen-bond acceptors (Lipinski definition) is 1. The molecule has 0 aliphatic carbocycles. The molecule has 0 atom stereocenters. The molecule has 0 bridgehead atoms. The summed E-state index contributed by atoms with van der Waals surface area (Å²) in [5, 5.41) is 1.11. The average Bonchev–Trinajstić information content (AvgIpc) is 2.06. The Morgan fingerprint density at radius 1 is 1.36 bits per heavy atom. The predicted molar refractivity (Wildman–Crippen MR) is 48.3 cm³/mol. The van der Waals surface area contributed by atoms with Crippen molar-refractivity contribution in [1.82, 2.24) is 4.98 Å². The van der Waals surface area contributed by atoms with Gasteiger partial charge >= 0.3 is 0 Å². The Labute approximate surface area is 73.2 Å². The van der Waals surface area contributed by atoms with E-state index in [1.807, 2.05) is 24.3 Å². The van der Waals surface area contributed by atoms with Crippen molar-refractivity contribution in [3.8, 4) is 0 Å². The topological polar surface area (TPSA) is 12.9 Å². The number of pyridine rings is 1. The van der Waals surface area contributed by atoms with Crippen LogP contribution in [0.5, 0.6) is 0 Å². The maximum atomic E-state index is 4.21. The van der Waals surface area contributed by atoms with Gasteiger partial charge in [0.1, 0.15) is 0 Å². The third kappa shape index (κ3) is 1.14. The van der Waals surface area contributed by atoms with Gasteiger partial charge in [-0.3, -0.25) is 4.98 Å². The standard InChI is InChI=1S/C9H5BrN/c10-8-5-1-3-7-4-2-6-11-9(7)8/h2-6H. The SMILES string of the molecule is Brc1c[c]cc2cccnc12. The van der Waals surface area contributed by atoms with Gasteiger partial charge in [0.2, 0.25) is 0 Å². The summed E-state index contributed by atoms with van der Waals surface area (Å²) in [6.07, 6.45) is 1.78. The van der Waals surface area contributed by atoms with E-state index in [0.717, 1.165) is 15.4 Å². The molecule has 2 heteroatoms. The van der Waals surface area contributed by atoms with Gasteiger partial charge in [0, 0.05) is 16.1 Å². The predicted octanol–water partition coefficient (Wildman–Crippen LogP) is 2.80. The van der Waals surface area contributed by atoms with Gasteiger partial charge in [-0.2, -0.15) is 0 Å². The molecule has 1 heterocycles. The summed E-state index contributed by atoms with van der Waals surface area (Å²) in [6.45, 7) is 0. The minimum Gasteiger partial charge on any atom is -0.255 e. The lowest BCUT2D eigenvalue weighted by atomic mass is 10.2. The molecular weight excluding hydrogens is 202 g/mol. The van der Waals surface area contributed by atoms with Crippen molar-refractivity contribution in [2.24, 2.45) is 0 Å². The van der Waals surface area contributed by atoms with Gasteiger partial charge in [0.05, 0.1) is 5.52 Å². The average molecular weight is 207 g/mol. The summed E-state index contributed by atoms with van der Waals surface area (Å²) < 4.78 is 0.996. The summed E-state index contributed by atoms with van der Waals surface area (Å²) in [5.74, 6) is 0. The fraction of sp³-hybridized carbons (Fsp3) is 0. The second-order valence-corrected chi connectivity index (χ2v) is 3.10. The lowest BCUT2D eigenvalue weighted by Gasteiger charge is -1.96. The van der Waals surface area contributed by atoms with E-state index in [1.54, 1.807) is 6.20 Å². The number of aromatic nitrogens is 1. The first-order chi connectivity index (χ1) is 5.38. The van der Waals surface area contributed by atoms with E-state index in [1.165, 1.54) is 0 Å². The molecule has 1 nitrogen and oxygen atoms in total. The van der Waals surface area contributed by atoms with Crippen molar-refractivity contribution in [1.29, 1.82) is 0 Å². The fourth-order valence-corrected chi connectivity index (χ4v) is 1.47. The monoisotopic (exact) mass is 206 g/mol. The zero-order valence-electron chi connectivity index (χ0n) is 5.71. The molecule has 1 radical (unpaired) electrons. The Morgan fingerprint density at radius 3 is 3.09 bits per heavy atom. The Morgan fingerprint density at radius 2 is 2.27 bits per heavy atom. The van der Waals surface area contributed by atoms with E-state index in [0.29, 0.717) is 0 Å². The van der Waals surface area contributed by atoms with E-state index in [4.69, 9.17) is 0 Å². The van der Waals surface area contributed by atoms with Gasteiger partial charge in [0.15, 0.2) is 0 Å². The lowest BCUT2D eigenvalue weighted by Crippen LogP contribution is -1.77. The molecule has 0 aliphatic rings. The first kappa shape index (κ1) is 6.80. The van der Waals surface area contributed by atoms with Crippen molar-refractivity contribution < 1.29 is 0 Å². The number of benzene rings is 1. The van der Waals surface area contributed by atoms with Crippen molar-refractivity contribution in [2.75, 3.05) is 0 Å². The van der Waals surface area contributed by atoms with Crippen LogP contribution in [0.15, 0.2) is 34.9 Å². The molecule has 0 saturated carbocycles. The van der Waals surface area contributed by atoms with Crippen molar-refractivity contribution >= 4 is 26.8 Å². The number of rotatable bonds is 0. The highest BCUT2D eigenvalue weighted by atomic mass is 79.9. The number of hydrogen-bond donors (Lipinski definition) is 0. The summed E-state index contributed by atoms with van der Waals surface area (Å²) in [7, 11) is 0. The first-order valence-corrected chi connectivity index (χ1v) is 4.07. The van der Waals surface area contributed by atoms with Gasteiger partial charge < -0.3 is 0 Å². The molecule has 53 valence electrons. The third-order valence-corrected chi connectivity index (χ3v) is 2.12. The van der Waals surface area contributed by atoms with E-state index >= 15 is 0 Å². The number of fused-ring (bicyclic) bond motifs is 1. The molecule has 0 unspecified atom stereocenters. The molecule has 0 fully saturated rings. The Balaban J connectivity index is 2.91. The van der Waals surface area contributed by atoms with Gasteiger partial charge in [-0.1, -0.05) is 6.07 Å². The largest absolute Gasteiger partial charge is 0.255 e. The third-order valence-electron chi connectivity index (χ3n) is 1.51. The minimum atomic E-state index is 0.992. The van der Waals surface area contributed by atoms with Gasteiger partial charge in [-0.15, -0.1) is 0 Å². The van der Waals surface area contributed by atoms with Crippen molar-refractivity contribution in [3.63, 3.8) is 0 Å². The van der Waals surface area contributed by atoms with Crippen LogP contribution >= 0.6 is 15.9 Å².